The molecule has 0 bridgehead atoms. The van der Waals surface area contributed by atoms with Gasteiger partial charge in [0.25, 0.3) is 0 Å². The quantitative estimate of drug-likeness (QED) is 0.920. The Morgan fingerprint density at radius 2 is 2.25 bits per heavy atom. The number of para-hydroxylation sites is 1. The third kappa shape index (κ3) is 2.34. The largest absolute Gasteiger partial charge is 0.486 e. The minimum absolute atomic E-state index is 0.00518. The van der Waals surface area contributed by atoms with Crippen molar-refractivity contribution in [3.8, 4) is 5.75 Å². The number of ketones is 1. The first-order valence-corrected chi connectivity index (χ1v) is 8.66. The second kappa shape index (κ2) is 5.59. The smallest absolute Gasteiger partial charge is 0.224 e. The van der Waals surface area contributed by atoms with Gasteiger partial charge in [0.15, 0.2) is 5.78 Å². The van der Waals surface area contributed by atoms with E-state index in [0.29, 0.717) is 30.3 Å². The van der Waals surface area contributed by atoms with Crippen molar-refractivity contribution in [1.82, 2.24) is 5.32 Å². The highest BCUT2D eigenvalue weighted by atomic mass is 16.5. The number of amides is 1. The van der Waals surface area contributed by atoms with Crippen LogP contribution in [0.3, 0.4) is 0 Å². The molecule has 1 aromatic carbocycles. The molecule has 2 saturated carbocycles. The molecule has 5 nitrogen and oxygen atoms in total. The Bertz CT molecular complexity index is 688. The highest BCUT2D eigenvalue weighted by molar-refractivity contribution is 6.00. The molecule has 3 aliphatic rings. The van der Waals surface area contributed by atoms with Crippen molar-refractivity contribution in [2.75, 3.05) is 13.7 Å². The van der Waals surface area contributed by atoms with Gasteiger partial charge in [-0.15, -0.1) is 0 Å². The van der Waals surface area contributed by atoms with Crippen molar-refractivity contribution in [1.29, 1.82) is 0 Å². The number of benzene rings is 1. The minimum atomic E-state index is -0.484. The Hall–Kier alpha value is -1.88. The van der Waals surface area contributed by atoms with Crippen molar-refractivity contribution >= 4 is 11.7 Å². The van der Waals surface area contributed by atoms with Gasteiger partial charge in [0.1, 0.15) is 11.4 Å². The first kappa shape index (κ1) is 15.6. The average Bonchev–Trinajstić information content (AvgIpc) is 3.20. The summed E-state index contributed by atoms with van der Waals surface area (Å²) in [5, 5.41) is 3.02. The summed E-state index contributed by atoms with van der Waals surface area (Å²) in [5.41, 5.74) is 0.185. The average molecular weight is 329 g/mol. The van der Waals surface area contributed by atoms with E-state index in [0.717, 1.165) is 12.8 Å². The fourth-order valence-corrected chi connectivity index (χ4v) is 4.75. The topological polar surface area (TPSA) is 64.6 Å². The molecule has 2 aliphatic carbocycles. The van der Waals surface area contributed by atoms with Gasteiger partial charge >= 0.3 is 0 Å². The first-order valence-electron chi connectivity index (χ1n) is 8.66. The molecule has 1 aromatic rings. The molecule has 5 heteroatoms. The number of hydrogen-bond donors (Lipinski definition) is 1. The molecular formula is C19H23NO4. The number of methoxy groups -OCH3 is 1. The van der Waals surface area contributed by atoms with Gasteiger partial charge in [-0.1, -0.05) is 12.1 Å². The van der Waals surface area contributed by atoms with E-state index in [1.807, 2.05) is 31.2 Å². The molecule has 1 amide bonds. The zero-order valence-corrected chi connectivity index (χ0v) is 14.1. The van der Waals surface area contributed by atoms with E-state index in [1.165, 1.54) is 0 Å². The maximum atomic E-state index is 12.6. The molecule has 0 unspecified atom stereocenters. The molecule has 5 atom stereocenters. The van der Waals surface area contributed by atoms with E-state index in [2.05, 4.69) is 5.32 Å². The Morgan fingerprint density at radius 3 is 3.04 bits per heavy atom. The van der Waals surface area contributed by atoms with Crippen molar-refractivity contribution in [2.45, 2.75) is 37.8 Å². The molecule has 0 aromatic heterocycles. The third-order valence-corrected chi connectivity index (χ3v) is 5.75. The van der Waals surface area contributed by atoms with Gasteiger partial charge in [-0.3, -0.25) is 9.59 Å². The highest BCUT2D eigenvalue weighted by Gasteiger charge is 2.70. The molecule has 4 rings (SSSR count). The van der Waals surface area contributed by atoms with Crippen LogP contribution in [0.2, 0.25) is 0 Å². The number of fused-ring (bicyclic) bond motifs is 3. The monoisotopic (exact) mass is 329 g/mol. The van der Waals surface area contributed by atoms with Gasteiger partial charge < -0.3 is 14.8 Å². The van der Waals surface area contributed by atoms with Crippen molar-refractivity contribution < 1.29 is 19.1 Å². The molecule has 1 aliphatic heterocycles. The van der Waals surface area contributed by atoms with E-state index in [9.17, 15) is 9.59 Å². The Balaban J connectivity index is 1.51. The number of ether oxygens (including phenoxy) is 2. The summed E-state index contributed by atoms with van der Waals surface area (Å²) < 4.78 is 11.4. The summed E-state index contributed by atoms with van der Waals surface area (Å²) in [6.07, 6.45) is 2.21. The van der Waals surface area contributed by atoms with Crippen LogP contribution in [0.15, 0.2) is 24.3 Å². The van der Waals surface area contributed by atoms with Gasteiger partial charge in [-0.05, 0) is 37.8 Å². The first-order chi connectivity index (χ1) is 11.6. The van der Waals surface area contributed by atoms with Crippen LogP contribution >= 0.6 is 0 Å². The molecule has 0 radical (unpaired) electrons. The standard InChI is InChI=1S/C19H23NO4/c1-11(10-23-2)20-18(22)16-13-7-8-19(17(13)16)9-14(21)12-5-3-4-6-15(12)24-19/h3-6,11,13,16-17H,7-10H2,1-2H3,(H,20,22)/t11-,13-,16+,17+,19+/m0/s1. The van der Waals surface area contributed by atoms with E-state index >= 15 is 0 Å². The van der Waals surface area contributed by atoms with Gasteiger partial charge in [-0.2, -0.15) is 0 Å². The van der Waals surface area contributed by atoms with E-state index < -0.39 is 5.60 Å². The maximum absolute atomic E-state index is 12.6. The lowest BCUT2D eigenvalue weighted by Gasteiger charge is -2.37. The molecule has 2 fully saturated rings. The molecule has 0 saturated heterocycles. The summed E-state index contributed by atoms with van der Waals surface area (Å²) in [6, 6.07) is 7.43. The Kier molecular flexibility index (Phi) is 3.64. The lowest BCUT2D eigenvalue weighted by atomic mass is 9.84. The predicted molar refractivity (Wildman–Crippen MR) is 87.9 cm³/mol. The normalized spacial score (nSPS) is 34.2. The second-order valence-corrected chi connectivity index (χ2v) is 7.38. The Labute approximate surface area is 141 Å². The fraction of sp³-hybridized carbons (Fsp3) is 0.579. The van der Waals surface area contributed by atoms with Gasteiger partial charge in [0, 0.05) is 25.0 Å². The molecule has 24 heavy (non-hydrogen) atoms. The number of Topliss-reactive ketones (excluding diaryl/α,β-unsaturated/α-hetero) is 1. The molecular weight excluding hydrogens is 306 g/mol. The van der Waals surface area contributed by atoms with Crippen LogP contribution in [0.4, 0.5) is 0 Å². The van der Waals surface area contributed by atoms with Crippen LogP contribution in [0.25, 0.3) is 0 Å². The maximum Gasteiger partial charge on any atom is 0.224 e. The lowest BCUT2D eigenvalue weighted by Crippen LogP contribution is -2.45. The van der Waals surface area contributed by atoms with Gasteiger partial charge in [0.2, 0.25) is 5.91 Å². The number of nitrogens with one attached hydrogen (secondary N) is 1. The van der Waals surface area contributed by atoms with Gasteiger partial charge in [-0.25, -0.2) is 0 Å². The molecule has 1 heterocycles. The zero-order chi connectivity index (χ0) is 16.9. The van der Waals surface area contributed by atoms with Crippen molar-refractivity contribution in [3.05, 3.63) is 29.8 Å². The van der Waals surface area contributed by atoms with E-state index in [1.54, 1.807) is 7.11 Å². The predicted octanol–water partition coefficient (Wildman–Crippen LogP) is 2.20. The van der Waals surface area contributed by atoms with Crippen LogP contribution in [0, 0.1) is 17.8 Å². The van der Waals surface area contributed by atoms with Crippen LogP contribution in [0.1, 0.15) is 36.5 Å². The molecule has 1 spiro atoms. The number of hydrogen-bond acceptors (Lipinski definition) is 4. The van der Waals surface area contributed by atoms with Crippen molar-refractivity contribution in [3.63, 3.8) is 0 Å². The highest BCUT2D eigenvalue weighted by Crippen LogP contribution is 2.65. The van der Waals surface area contributed by atoms with E-state index in [4.69, 9.17) is 9.47 Å². The second-order valence-electron chi connectivity index (χ2n) is 7.38. The van der Waals surface area contributed by atoms with Crippen LogP contribution in [-0.4, -0.2) is 37.0 Å². The minimum Gasteiger partial charge on any atom is -0.486 e. The van der Waals surface area contributed by atoms with Crippen LogP contribution in [0.5, 0.6) is 5.75 Å². The SMILES string of the molecule is COC[C@H](C)NC(=O)[C@@H]1[C@@H]2CC[C@@]3(CC(=O)c4ccccc4O3)[C@H]21. The lowest BCUT2D eigenvalue weighted by molar-refractivity contribution is -0.125. The Morgan fingerprint density at radius 1 is 1.46 bits per heavy atom. The van der Waals surface area contributed by atoms with Crippen molar-refractivity contribution in [2.24, 2.45) is 17.8 Å². The third-order valence-electron chi connectivity index (χ3n) is 5.75. The molecule has 1 N–H and O–H groups in total. The number of carbonyl (C=O) groups excluding carboxylic acids is 2. The van der Waals surface area contributed by atoms with E-state index in [-0.39, 0.29) is 29.6 Å². The summed E-state index contributed by atoms with van der Waals surface area (Å²) in [7, 11) is 1.63. The number of carbonyl (C=O) groups is 2. The zero-order valence-electron chi connectivity index (χ0n) is 14.1. The molecule has 128 valence electrons. The summed E-state index contributed by atoms with van der Waals surface area (Å²) >= 11 is 0. The summed E-state index contributed by atoms with van der Waals surface area (Å²) in [5.74, 6) is 1.35. The van der Waals surface area contributed by atoms with Crippen LogP contribution in [-0.2, 0) is 9.53 Å². The van der Waals surface area contributed by atoms with Crippen LogP contribution < -0.4 is 10.1 Å². The number of rotatable bonds is 4. The summed E-state index contributed by atoms with van der Waals surface area (Å²) in [4.78, 5) is 25.1. The fourth-order valence-electron chi connectivity index (χ4n) is 4.75. The summed E-state index contributed by atoms with van der Waals surface area (Å²) in [6.45, 7) is 2.44. The van der Waals surface area contributed by atoms with Gasteiger partial charge in [0.05, 0.1) is 18.6 Å².